The fourth-order valence-electron chi connectivity index (χ4n) is 2.25. The molecule has 0 aliphatic rings. The van der Waals surface area contributed by atoms with Crippen molar-refractivity contribution in [1.82, 2.24) is 10.3 Å². The topological polar surface area (TPSA) is 55.1 Å². The Bertz CT molecular complexity index is 849. The van der Waals surface area contributed by atoms with Crippen molar-refractivity contribution in [1.29, 1.82) is 0 Å². The second kappa shape index (κ2) is 7.00. The minimum Gasteiger partial charge on any atom is -0.431 e. The molecule has 0 radical (unpaired) electrons. The number of halogens is 2. The molecular formula is C17H14F2N2O2S. The molecule has 3 aromatic rings. The van der Waals surface area contributed by atoms with E-state index >= 15 is 0 Å². The summed E-state index contributed by atoms with van der Waals surface area (Å²) in [6.07, 6.45) is 0. The predicted molar refractivity (Wildman–Crippen MR) is 87.6 cm³/mol. The molecule has 4 nitrogen and oxygen atoms in total. The fraction of sp³-hybridized carbons (Fsp3) is 0.176. The average Bonchev–Trinajstić information content (AvgIpc) is 2.95. The lowest BCUT2D eigenvalue weighted by Crippen LogP contribution is -2.28. The van der Waals surface area contributed by atoms with E-state index in [1.165, 1.54) is 6.07 Å². The number of nitrogens with zero attached hydrogens (tertiary/aromatic N) is 1. The lowest BCUT2D eigenvalue weighted by atomic mass is 10.1. The number of amides is 1. The summed E-state index contributed by atoms with van der Waals surface area (Å²) in [5, 5.41) is 3.06. The van der Waals surface area contributed by atoms with Gasteiger partial charge < -0.3 is 9.73 Å². The second-order valence-corrected chi connectivity index (χ2v) is 6.12. The Kier molecular flexibility index (Phi) is 4.80. The smallest absolute Gasteiger partial charge is 0.257 e. The van der Waals surface area contributed by atoms with Crippen molar-refractivity contribution in [3.8, 4) is 0 Å². The van der Waals surface area contributed by atoms with Gasteiger partial charge in [0.15, 0.2) is 5.58 Å². The Morgan fingerprint density at radius 3 is 2.83 bits per heavy atom. The van der Waals surface area contributed by atoms with E-state index in [0.29, 0.717) is 10.8 Å². The summed E-state index contributed by atoms with van der Waals surface area (Å²) >= 11 is 1.15. The monoisotopic (exact) mass is 348 g/mol. The molecular weight excluding hydrogens is 334 g/mol. The molecule has 1 N–H and O–H groups in total. The summed E-state index contributed by atoms with van der Waals surface area (Å²) in [4.78, 5) is 16.3. The van der Waals surface area contributed by atoms with Crippen molar-refractivity contribution in [3.05, 3.63) is 59.7 Å². The van der Waals surface area contributed by atoms with Crippen molar-refractivity contribution in [2.75, 3.05) is 5.75 Å². The first-order valence-corrected chi connectivity index (χ1v) is 8.24. The van der Waals surface area contributed by atoms with Crippen LogP contribution in [0.4, 0.5) is 8.78 Å². The third-order valence-electron chi connectivity index (χ3n) is 3.41. The molecule has 0 aliphatic carbocycles. The van der Waals surface area contributed by atoms with Crippen molar-refractivity contribution < 1.29 is 18.0 Å². The maximum Gasteiger partial charge on any atom is 0.257 e. The van der Waals surface area contributed by atoms with Crippen LogP contribution in [0.15, 0.2) is 52.1 Å². The molecule has 0 unspecified atom stereocenters. The van der Waals surface area contributed by atoms with Crippen LogP contribution >= 0.6 is 11.8 Å². The van der Waals surface area contributed by atoms with Crippen LogP contribution < -0.4 is 5.32 Å². The molecule has 1 heterocycles. The Morgan fingerprint density at radius 1 is 1.29 bits per heavy atom. The predicted octanol–water partition coefficient (Wildman–Crippen LogP) is 4.08. The number of aromatic nitrogens is 1. The molecule has 0 aliphatic heterocycles. The zero-order valence-electron chi connectivity index (χ0n) is 12.8. The number of carbonyl (C=O) groups excluding carboxylic acids is 1. The number of para-hydroxylation sites is 2. The van der Waals surface area contributed by atoms with Crippen LogP contribution in [-0.2, 0) is 4.79 Å². The van der Waals surface area contributed by atoms with Crippen LogP contribution in [0, 0.1) is 11.6 Å². The zero-order valence-corrected chi connectivity index (χ0v) is 13.6. The summed E-state index contributed by atoms with van der Waals surface area (Å²) in [5.41, 5.74) is 1.61. The summed E-state index contributed by atoms with van der Waals surface area (Å²) in [7, 11) is 0. The number of rotatable bonds is 5. The van der Waals surface area contributed by atoms with E-state index in [2.05, 4.69) is 10.3 Å². The van der Waals surface area contributed by atoms with Crippen LogP contribution in [0.1, 0.15) is 18.5 Å². The number of fused-ring (bicyclic) bond motifs is 1. The molecule has 1 amide bonds. The van der Waals surface area contributed by atoms with E-state index in [9.17, 15) is 13.6 Å². The molecule has 2 aromatic carbocycles. The Labute approximate surface area is 141 Å². The molecule has 0 saturated heterocycles. The molecule has 0 saturated carbocycles. The van der Waals surface area contributed by atoms with E-state index < -0.39 is 17.7 Å². The Hall–Kier alpha value is -2.41. The van der Waals surface area contributed by atoms with Crippen LogP contribution in [0.2, 0.25) is 0 Å². The van der Waals surface area contributed by atoms with Gasteiger partial charge in [-0.1, -0.05) is 30.0 Å². The lowest BCUT2D eigenvalue weighted by Gasteiger charge is -2.14. The standard InChI is InChI=1S/C17H14F2N2O2S/c1-10(12-7-6-11(18)8-13(12)19)20-16(22)9-24-17-21-14-4-2-3-5-15(14)23-17/h2-8,10H,9H2,1H3,(H,20,22)/t10-/m1/s1. The maximum absolute atomic E-state index is 13.7. The number of hydrogen-bond donors (Lipinski definition) is 1. The normalized spacial score (nSPS) is 12.3. The second-order valence-electron chi connectivity index (χ2n) is 5.19. The first-order valence-electron chi connectivity index (χ1n) is 7.25. The van der Waals surface area contributed by atoms with Gasteiger partial charge in [0, 0.05) is 11.6 Å². The van der Waals surface area contributed by atoms with Crippen molar-refractivity contribution in [2.24, 2.45) is 0 Å². The highest BCUT2D eigenvalue weighted by Gasteiger charge is 2.15. The number of carbonyl (C=O) groups is 1. The average molecular weight is 348 g/mol. The van der Waals surface area contributed by atoms with Gasteiger partial charge >= 0.3 is 0 Å². The van der Waals surface area contributed by atoms with Gasteiger partial charge in [0.25, 0.3) is 5.22 Å². The summed E-state index contributed by atoms with van der Waals surface area (Å²) in [6.45, 7) is 1.64. The molecule has 0 bridgehead atoms. The van der Waals surface area contributed by atoms with Gasteiger partial charge in [0.05, 0.1) is 11.8 Å². The van der Waals surface area contributed by atoms with Gasteiger partial charge in [0.1, 0.15) is 17.2 Å². The summed E-state index contributed by atoms with van der Waals surface area (Å²) < 4.78 is 32.1. The lowest BCUT2D eigenvalue weighted by molar-refractivity contribution is -0.119. The first-order chi connectivity index (χ1) is 11.5. The number of nitrogens with one attached hydrogen (secondary N) is 1. The van der Waals surface area contributed by atoms with E-state index in [1.807, 2.05) is 18.2 Å². The fourth-order valence-corrected chi connectivity index (χ4v) is 2.90. The minimum absolute atomic E-state index is 0.0833. The Balaban J connectivity index is 1.58. The quantitative estimate of drug-likeness (QED) is 0.706. The third-order valence-corrected chi connectivity index (χ3v) is 4.24. The largest absolute Gasteiger partial charge is 0.431 e. The van der Waals surface area contributed by atoms with Gasteiger partial charge in [-0.05, 0) is 25.1 Å². The van der Waals surface area contributed by atoms with E-state index in [4.69, 9.17) is 4.42 Å². The van der Waals surface area contributed by atoms with Crippen molar-refractivity contribution >= 4 is 28.8 Å². The highest BCUT2D eigenvalue weighted by molar-refractivity contribution is 7.99. The molecule has 1 aromatic heterocycles. The summed E-state index contributed by atoms with van der Waals surface area (Å²) in [5.74, 6) is -1.55. The van der Waals surface area contributed by atoms with Crippen LogP contribution in [0.5, 0.6) is 0 Å². The van der Waals surface area contributed by atoms with Gasteiger partial charge in [0.2, 0.25) is 5.91 Å². The van der Waals surface area contributed by atoms with Gasteiger partial charge in [-0.2, -0.15) is 0 Å². The van der Waals surface area contributed by atoms with Gasteiger partial charge in [-0.3, -0.25) is 4.79 Å². The SMILES string of the molecule is C[C@@H](NC(=O)CSc1nc2ccccc2o1)c1ccc(F)cc1F. The molecule has 7 heteroatoms. The summed E-state index contributed by atoms with van der Waals surface area (Å²) in [6, 6.07) is 10.0. The molecule has 0 spiro atoms. The van der Waals surface area contributed by atoms with E-state index in [0.717, 1.165) is 29.4 Å². The zero-order chi connectivity index (χ0) is 17.1. The number of benzene rings is 2. The van der Waals surface area contributed by atoms with Crippen molar-refractivity contribution in [3.63, 3.8) is 0 Å². The third kappa shape index (κ3) is 3.73. The Morgan fingerprint density at radius 2 is 2.08 bits per heavy atom. The van der Waals surface area contributed by atoms with Crippen LogP contribution in [0.3, 0.4) is 0 Å². The van der Waals surface area contributed by atoms with Gasteiger partial charge in [-0.25, -0.2) is 13.8 Å². The number of oxazole rings is 1. The number of thioether (sulfide) groups is 1. The molecule has 3 rings (SSSR count). The molecule has 24 heavy (non-hydrogen) atoms. The van der Waals surface area contributed by atoms with Gasteiger partial charge in [-0.15, -0.1) is 0 Å². The highest BCUT2D eigenvalue weighted by Crippen LogP contribution is 2.23. The van der Waals surface area contributed by atoms with E-state index in [-0.39, 0.29) is 17.2 Å². The first kappa shape index (κ1) is 16.4. The minimum atomic E-state index is -0.686. The molecule has 1 atom stereocenters. The number of hydrogen-bond acceptors (Lipinski definition) is 4. The van der Waals surface area contributed by atoms with Crippen LogP contribution in [-0.4, -0.2) is 16.6 Å². The maximum atomic E-state index is 13.7. The highest BCUT2D eigenvalue weighted by atomic mass is 32.2. The molecule has 124 valence electrons. The van der Waals surface area contributed by atoms with Crippen molar-refractivity contribution in [2.45, 2.75) is 18.2 Å². The van der Waals surface area contributed by atoms with E-state index in [1.54, 1.807) is 13.0 Å². The molecule has 0 fully saturated rings. The van der Waals surface area contributed by atoms with Crippen LogP contribution in [0.25, 0.3) is 11.1 Å².